The van der Waals surface area contributed by atoms with Crippen LogP contribution in [0.2, 0.25) is 0 Å². The lowest BCUT2D eigenvalue weighted by molar-refractivity contribution is 0.0943. The Kier molecular flexibility index (Phi) is 5.16. The first-order valence-corrected chi connectivity index (χ1v) is 10.7. The van der Waals surface area contributed by atoms with Gasteiger partial charge in [-0.15, -0.1) is 11.3 Å². The van der Waals surface area contributed by atoms with Crippen molar-refractivity contribution in [2.45, 2.75) is 6.54 Å². The highest BCUT2D eigenvalue weighted by atomic mass is 32.1. The zero-order chi connectivity index (χ0) is 21.0. The summed E-state index contributed by atoms with van der Waals surface area (Å²) in [7, 11) is 0. The number of nitrogens with one attached hydrogen (secondary N) is 1. The highest BCUT2D eigenvalue weighted by Gasteiger charge is 2.18. The van der Waals surface area contributed by atoms with Gasteiger partial charge in [0.15, 0.2) is 0 Å². The maximum Gasteiger partial charge on any atom is 0.270 e. The number of aromatic nitrogens is 4. The molecule has 7 heteroatoms. The number of thiophene rings is 1. The molecule has 0 aliphatic heterocycles. The molecule has 0 fully saturated rings. The third-order valence-electron chi connectivity index (χ3n) is 4.83. The summed E-state index contributed by atoms with van der Waals surface area (Å²) < 4.78 is 3.49. The largest absolute Gasteiger partial charge is 0.347 e. The van der Waals surface area contributed by atoms with Gasteiger partial charge >= 0.3 is 0 Å². The summed E-state index contributed by atoms with van der Waals surface area (Å²) in [5.41, 5.74) is 4.00. The van der Waals surface area contributed by atoms with Gasteiger partial charge in [0.1, 0.15) is 11.4 Å². The number of rotatable bonds is 6. The number of nitrogens with zero attached hydrogens (tertiary/aromatic N) is 4. The summed E-state index contributed by atoms with van der Waals surface area (Å²) in [6.07, 6.45) is 3.68. The monoisotopic (exact) mass is 425 g/mol. The number of hydrogen-bond donors (Lipinski definition) is 1. The number of carbonyl (C=O) groups excluding carboxylic acids is 1. The Balaban J connectivity index is 1.38. The summed E-state index contributed by atoms with van der Waals surface area (Å²) in [5.74, 6) is -0.188. The van der Waals surface area contributed by atoms with Gasteiger partial charge in [0.05, 0.1) is 22.4 Å². The fourth-order valence-corrected chi connectivity index (χ4v) is 3.98. The zero-order valence-electron chi connectivity index (χ0n) is 16.6. The lowest BCUT2D eigenvalue weighted by Gasteiger charge is -2.07. The van der Waals surface area contributed by atoms with Gasteiger partial charge in [-0.2, -0.15) is 10.2 Å². The van der Waals surface area contributed by atoms with E-state index in [4.69, 9.17) is 5.10 Å². The maximum absolute atomic E-state index is 13.1. The lowest BCUT2D eigenvalue weighted by Crippen LogP contribution is -2.25. The second-order valence-electron chi connectivity index (χ2n) is 6.95. The molecular weight excluding hydrogens is 406 g/mol. The van der Waals surface area contributed by atoms with E-state index in [1.165, 1.54) is 0 Å². The summed E-state index contributed by atoms with van der Waals surface area (Å²) in [4.78, 5) is 14.1. The molecule has 2 aromatic carbocycles. The summed E-state index contributed by atoms with van der Waals surface area (Å²) >= 11 is 1.60. The average Bonchev–Trinajstić information content (AvgIpc) is 3.59. The van der Waals surface area contributed by atoms with Crippen LogP contribution in [0.15, 0.2) is 96.6 Å². The molecule has 0 unspecified atom stereocenters. The van der Waals surface area contributed by atoms with Crippen LogP contribution in [0.1, 0.15) is 16.1 Å². The molecule has 0 atom stereocenters. The van der Waals surface area contributed by atoms with Crippen LogP contribution in [0.5, 0.6) is 0 Å². The second-order valence-corrected chi connectivity index (χ2v) is 7.90. The highest BCUT2D eigenvalue weighted by Crippen LogP contribution is 2.25. The van der Waals surface area contributed by atoms with E-state index in [2.05, 4.69) is 10.4 Å². The molecular formula is C24H19N5OS. The first-order chi connectivity index (χ1) is 15.3. The zero-order valence-corrected chi connectivity index (χ0v) is 17.4. The van der Waals surface area contributed by atoms with E-state index in [0.29, 0.717) is 12.2 Å². The van der Waals surface area contributed by atoms with Gasteiger partial charge in [-0.3, -0.25) is 4.79 Å². The van der Waals surface area contributed by atoms with Crippen molar-refractivity contribution < 1.29 is 4.79 Å². The van der Waals surface area contributed by atoms with Crippen LogP contribution in [0.25, 0.3) is 21.9 Å². The minimum absolute atomic E-state index is 0.188. The molecule has 5 rings (SSSR count). The Labute approximate surface area is 183 Å². The van der Waals surface area contributed by atoms with Gasteiger partial charge in [-0.25, -0.2) is 9.36 Å². The van der Waals surface area contributed by atoms with Crippen LogP contribution in [0, 0.1) is 0 Å². The van der Waals surface area contributed by atoms with Crippen molar-refractivity contribution in [3.05, 3.63) is 108 Å². The van der Waals surface area contributed by atoms with Gasteiger partial charge in [0.25, 0.3) is 5.91 Å². The van der Waals surface area contributed by atoms with Crippen LogP contribution < -0.4 is 5.32 Å². The predicted molar refractivity (Wildman–Crippen MR) is 122 cm³/mol. The van der Waals surface area contributed by atoms with E-state index in [1.54, 1.807) is 26.9 Å². The standard InChI is InChI=1S/C24H19N5OS/c30-24(25-15-18-16-26-28(17-18)19-8-3-1-4-9-19)22-14-21(23-12-7-13-31-23)27-29(22)20-10-5-2-6-11-20/h1-14,16-17H,15H2,(H,25,30). The normalized spacial score (nSPS) is 10.8. The van der Waals surface area contributed by atoms with Crippen LogP contribution >= 0.6 is 11.3 Å². The molecule has 3 aromatic heterocycles. The smallest absolute Gasteiger partial charge is 0.270 e. The third-order valence-corrected chi connectivity index (χ3v) is 5.72. The van der Waals surface area contributed by atoms with Crippen LogP contribution in [0.4, 0.5) is 0 Å². The van der Waals surface area contributed by atoms with Crippen molar-refractivity contribution in [1.29, 1.82) is 0 Å². The molecule has 31 heavy (non-hydrogen) atoms. The quantitative estimate of drug-likeness (QED) is 0.428. The lowest BCUT2D eigenvalue weighted by atomic mass is 10.2. The Hall–Kier alpha value is -3.97. The fraction of sp³-hybridized carbons (Fsp3) is 0.0417. The van der Waals surface area contributed by atoms with Crippen LogP contribution in [-0.4, -0.2) is 25.5 Å². The summed E-state index contributed by atoms with van der Waals surface area (Å²) in [6.45, 7) is 0.375. The van der Waals surface area contributed by atoms with E-state index < -0.39 is 0 Å². The Morgan fingerprint density at radius 1 is 0.935 bits per heavy atom. The van der Waals surface area contributed by atoms with Crippen molar-refractivity contribution in [2.24, 2.45) is 0 Å². The molecule has 6 nitrogen and oxygen atoms in total. The van der Waals surface area contributed by atoms with Gasteiger partial charge < -0.3 is 5.32 Å². The molecule has 0 saturated carbocycles. The Morgan fingerprint density at radius 2 is 1.68 bits per heavy atom. The average molecular weight is 426 g/mol. The van der Waals surface area contributed by atoms with E-state index in [1.807, 2.05) is 90.4 Å². The van der Waals surface area contributed by atoms with Crippen molar-refractivity contribution >= 4 is 17.2 Å². The molecule has 3 heterocycles. The first-order valence-electron chi connectivity index (χ1n) is 9.84. The van der Waals surface area contributed by atoms with Gasteiger partial charge in [0.2, 0.25) is 0 Å². The number of benzene rings is 2. The number of hydrogen-bond acceptors (Lipinski definition) is 4. The maximum atomic E-state index is 13.1. The SMILES string of the molecule is O=C(NCc1cnn(-c2ccccc2)c1)c1cc(-c2cccs2)nn1-c1ccccc1. The van der Waals surface area contributed by atoms with Crippen molar-refractivity contribution in [2.75, 3.05) is 0 Å². The van der Waals surface area contributed by atoms with Crippen molar-refractivity contribution in [3.8, 4) is 21.9 Å². The molecule has 0 aliphatic rings. The molecule has 0 bridgehead atoms. The van der Waals surface area contributed by atoms with Crippen molar-refractivity contribution in [1.82, 2.24) is 24.9 Å². The van der Waals surface area contributed by atoms with E-state index in [0.717, 1.165) is 27.5 Å². The molecule has 1 amide bonds. The minimum Gasteiger partial charge on any atom is -0.347 e. The Morgan fingerprint density at radius 3 is 2.39 bits per heavy atom. The molecule has 0 spiro atoms. The third kappa shape index (κ3) is 4.04. The molecule has 0 aliphatic carbocycles. The summed E-state index contributed by atoms with van der Waals surface area (Å²) in [5, 5.41) is 14.1. The molecule has 0 saturated heterocycles. The van der Waals surface area contributed by atoms with Gasteiger partial charge in [-0.1, -0.05) is 42.5 Å². The first kappa shape index (κ1) is 19.0. The number of para-hydroxylation sites is 2. The molecule has 5 aromatic rings. The minimum atomic E-state index is -0.188. The van der Waals surface area contributed by atoms with Crippen LogP contribution in [-0.2, 0) is 6.54 Å². The van der Waals surface area contributed by atoms with E-state index in [9.17, 15) is 4.79 Å². The highest BCUT2D eigenvalue weighted by molar-refractivity contribution is 7.13. The summed E-state index contributed by atoms with van der Waals surface area (Å²) in [6, 6.07) is 25.4. The second kappa shape index (κ2) is 8.41. The predicted octanol–water partition coefficient (Wildman–Crippen LogP) is 4.72. The number of carbonyl (C=O) groups is 1. The number of amides is 1. The fourth-order valence-electron chi connectivity index (χ4n) is 3.30. The van der Waals surface area contributed by atoms with E-state index >= 15 is 0 Å². The Bertz CT molecular complexity index is 1290. The molecule has 0 radical (unpaired) electrons. The van der Waals surface area contributed by atoms with Crippen molar-refractivity contribution in [3.63, 3.8) is 0 Å². The molecule has 152 valence electrons. The van der Waals surface area contributed by atoms with Gasteiger partial charge in [0, 0.05) is 18.3 Å². The van der Waals surface area contributed by atoms with Gasteiger partial charge in [-0.05, 0) is 41.8 Å². The molecule has 1 N–H and O–H groups in total. The topological polar surface area (TPSA) is 64.7 Å². The van der Waals surface area contributed by atoms with Crippen LogP contribution in [0.3, 0.4) is 0 Å². The van der Waals surface area contributed by atoms with E-state index in [-0.39, 0.29) is 5.91 Å².